The minimum atomic E-state index is -0.870. The van der Waals surface area contributed by atoms with E-state index in [4.69, 9.17) is 14.6 Å². The first-order chi connectivity index (χ1) is 16.0. The van der Waals surface area contributed by atoms with Gasteiger partial charge in [0.1, 0.15) is 19.3 Å². The van der Waals surface area contributed by atoms with E-state index in [9.17, 15) is 14.4 Å². The van der Waals surface area contributed by atoms with Crippen LogP contribution in [0.2, 0.25) is 0 Å². The Bertz CT molecular complexity index is 956. The second kappa shape index (κ2) is 11.9. The second-order valence-electron chi connectivity index (χ2n) is 7.93. The van der Waals surface area contributed by atoms with Crippen LogP contribution in [0.1, 0.15) is 49.1 Å². The first kappa shape index (κ1) is 24.0. The number of unbranched alkanes of at least 4 members (excludes halogenated alkanes) is 2. The number of esters is 1. The molecule has 174 valence electrons. The lowest BCUT2D eigenvalue weighted by molar-refractivity contribution is -0.145. The number of hydrogen-bond acceptors (Lipinski definition) is 5. The summed E-state index contributed by atoms with van der Waals surface area (Å²) in [7, 11) is 0. The van der Waals surface area contributed by atoms with Crippen molar-refractivity contribution in [3.8, 4) is 11.1 Å². The zero-order valence-electron chi connectivity index (χ0n) is 18.5. The Hall–Kier alpha value is -3.61. The minimum Gasteiger partial charge on any atom is -0.481 e. The van der Waals surface area contributed by atoms with Crippen molar-refractivity contribution in [2.24, 2.45) is 0 Å². The number of benzene rings is 2. The Morgan fingerprint density at radius 2 is 1.61 bits per heavy atom. The minimum absolute atomic E-state index is 0.0424. The van der Waals surface area contributed by atoms with Crippen LogP contribution in [-0.4, -0.2) is 42.4 Å². The molecule has 0 bridgehead atoms. The van der Waals surface area contributed by atoms with E-state index in [2.05, 4.69) is 24.0 Å². The van der Waals surface area contributed by atoms with E-state index in [1.165, 1.54) is 6.08 Å². The number of carbonyl (C=O) groups excluding carboxylic acids is 2. The van der Waals surface area contributed by atoms with Gasteiger partial charge in [0.05, 0.1) is 0 Å². The van der Waals surface area contributed by atoms with E-state index in [0.717, 1.165) is 22.3 Å². The SMILES string of the molecule is C=CCOC(=O)C(CCCCCC(=O)O)NC(=O)OCC1c2ccccc2-c2ccccc21. The van der Waals surface area contributed by atoms with Crippen molar-refractivity contribution in [3.63, 3.8) is 0 Å². The lowest BCUT2D eigenvalue weighted by Gasteiger charge is -2.19. The molecule has 0 radical (unpaired) electrons. The molecular weight excluding hydrogens is 422 g/mol. The maximum atomic E-state index is 12.6. The molecule has 0 fully saturated rings. The number of amides is 1. The third-order valence-corrected chi connectivity index (χ3v) is 5.65. The predicted octanol–water partition coefficient (Wildman–Crippen LogP) is 4.66. The van der Waals surface area contributed by atoms with E-state index < -0.39 is 24.1 Å². The van der Waals surface area contributed by atoms with Crippen LogP contribution in [0.4, 0.5) is 4.79 Å². The number of carbonyl (C=O) groups is 3. The Morgan fingerprint density at radius 1 is 0.970 bits per heavy atom. The number of carboxylic acids is 1. The molecule has 0 spiro atoms. The van der Waals surface area contributed by atoms with E-state index >= 15 is 0 Å². The number of fused-ring (bicyclic) bond motifs is 3. The van der Waals surface area contributed by atoms with Gasteiger partial charge in [-0.2, -0.15) is 0 Å². The predicted molar refractivity (Wildman–Crippen MR) is 124 cm³/mol. The van der Waals surface area contributed by atoms with Gasteiger partial charge in [0.25, 0.3) is 0 Å². The van der Waals surface area contributed by atoms with Gasteiger partial charge in [-0.05, 0) is 35.1 Å². The Balaban J connectivity index is 1.58. The molecular formula is C26H29NO6. The van der Waals surface area contributed by atoms with Crippen LogP contribution in [0.5, 0.6) is 0 Å². The summed E-state index contributed by atoms with van der Waals surface area (Å²) in [6, 6.07) is 15.2. The number of nitrogens with one attached hydrogen (secondary N) is 1. The molecule has 0 saturated carbocycles. The molecule has 0 heterocycles. The zero-order chi connectivity index (χ0) is 23.6. The third-order valence-electron chi connectivity index (χ3n) is 5.65. The summed E-state index contributed by atoms with van der Waals surface area (Å²) in [4.78, 5) is 35.6. The quantitative estimate of drug-likeness (QED) is 0.277. The molecule has 7 nitrogen and oxygen atoms in total. The van der Waals surface area contributed by atoms with Crippen molar-refractivity contribution >= 4 is 18.0 Å². The van der Waals surface area contributed by atoms with Gasteiger partial charge in [-0.1, -0.05) is 74.0 Å². The molecule has 0 aromatic heterocycles. The van der Waals surface area contributed by atoms with Crippen molar-refractivity contribution in [3.05, 3.63) is 72.3 Å². The van der Waals surface area contributed by atoms with Gasteiger partial charge >= 0.3 is 18.0 Å². The molecule has 1 amide bonds. The summed E-state index contributed by atoms with van der Waals surface area (Å²) < 4.78 is 10.6. The molecule has 0 saturated heterocycles. The fourth-order valence-corrected chi connectivity index (χ4v) is 4.07. The molecule has 2 aromatic rings. The van der Waals surface area contributed by atoms with Gasteiger partial charge in [0.15, 0.2) is 0 Å². The summed E-state index contributed by atoms with van der Waals surface area (Å²) in [6.45, 7) is 3.71. The third kappa shape index (κ3) is 6.44. The van der Waals surface area contributed by atoms with Crippen LogP contribution >= 0.6 is 0 Å². The molecule has 1 aliphatic carbocycles. The summed E-state index contributed by atoms with van der Waals surface area (Å²) in [5, 5.41) is 11.4. The molecule has 1 atom stereocenters. The molecule has 1 unspecified atom stereocenters. The highest BCUT2D eigenvalue weighted by atomic mass is 16.6. The van der Waals surface area contributed by atoms with Gasteiger partial charge in [-0.25, -0.2) is 9.59 Å². The van der Waals surface area contributed by atoms with Crippen LogP contribution < -0.4 is 5.32 Å². The number of carboxylic acid groups (broad SMARTS) is 1. The van der Waals surface area contributed by atoms with E-state index in [1.54, 1.807) is 0 Å². The number of aliphatic carboxylic acids is 1. The van der Waals surface area contributed by atoms with Gasteiger partial charge in [0.2, 0.25) is 0 Å². The second-order valence-corrected chi connectivity index (χ2v) is 7.93. The Kier molecular flexibility index (Phi) is 8.63. The number of ether oxygens (including phenoxy) is 2. The van der Waals surface area contributed by atoms with E-state index in [0.29, 0.717) is 25.7 Å². The van der Waals surface area contributed by atoms with Gasteiger partial charge < -0.3 is 19.9 Å². The molecule has 2 N–H and O–H groups in total. The van der Waals surface area contributed by atoms with Gasteiger partial charge in [-0.15, -0.1) is 0 Å². The summed E-state index contributed by atoms with van der Waals surface area (Å²) in [5.41, 5.74) is 4.47. The molecule has 2 aromatic carbocycles. The van der Waals surface area contributed by atoms with Crippen molar-refractivity contribution in [2.45, 2.75) is 44.1 Å². The zero-order valence-corrected chi connectivity index (χ0v) is 18.5. The summed E-state index contributed by atoms with van der Waals surface area (Å²) >= 11 is 0. The largest absolute Gasteiger partial charge is 0.481 e. The van der Waals surface area contributed by atoms with Crippen molar-refractivity contribution in [1.82, 2.24) is 5.32 Å². The molecule has 33 heavy (non-hydrogen) atoms. The Morgan fingerprint density at radius 3 is 2.21 bits per heavy atom. The average Bonchev–Trinajstić information content (AvgIpc) is 3.13. The van der Waals surface area contributed by atoms with Crippen LogP contribution in [0.3, 0.4) is 0 Å². The topological polar surface area (TPSA) is 102 Å². The monoisotopic (exact) mass is 451 g/mol. The van der Waals surface area contributed by atoms with Crippen LogP contribution in [0.15, 0.2) is 61.2 Å². The molecule has 3 rings (SSSR count). The van der Waals surface area contributed by atoms with Crippen molar-refractivity contribution < 1.29 is 29.0 Å². The van der Waals surface area contributed by atoms with E-state index in [1.807, 2.05) is 36.4 Å². The van der Waals surface area contributed by atoms with Crippen LogP contribution in [0.25, 0.3) is 11.1 Å². The lowest BCUT2D eigenvalue weighted by Crippen LogP contribution is -2.42. The number of hydrogen-bond donors (Lipinski definition) is 2. The van der Waals surface area contributed by atoms with Crippen molar-refractivity contribution in [1.29, 1.82) is 0 Å². The number of rotatable bonds is 12. The molecule has 7 heteroatoms. The maximum Gasteiger partial charge on any atom is 0.407 e. The fraction of sp³-hybridized carbons (Fsp3) is 0.346. The number of alkyl carbamates (subject to hydrolysis) is 1. The lowest BCUT2D eigenvalue weighted by atomic mass is 9.98. The normalized spacial score (nSPS) is 12.8. The first-order valence-corrected chi connectivity index (χ1v) is 11.1. The Labute approximate surface area is 193 Å². The van der Waals surface area contributed by atoms with Crippen LogP contribution in [0, 0.1) is 0 Å². The van der Waals surface area contributed by atoms with Crippen molar-refractivity contribution in [2.75, 3.05) is 13.2 Å². The highest BCUT2D eigenvalue weighted by Gasteiger charge is 2.30. The summed E-state index contributed by atoms with van der Waals surface area (Å²) in [6.07, 6.45) is 2.88. The smallest absolute Gasteiger partial charge is 0.407 e. The van der Waals surface area contributed by atoms with E-state index in [-0.39, 0.29) is 25.6 Å². The maximum absolute atomic E-state index is 12.6. The molecule has 1 aliphatic rings. The molecule has 0 aliphatic heterocycles. The average molecular weight is 452 g/mol. The highest BCUT2D eigenvalue weighted by molar-refractivity contribution is 5.82. The fourth-order valence-electron chi connectivity index (χ4n) is 4.07. The van der Waals surface area contributed by atoms with Crippen LogP contribution in [-0.2, 0) is 19.1 Å². The van der Waals surface area contributed by atoms with Gasteiger partial charge in [-0.3, -0.25) is 4.79 Å². The highest BCUT2D eigenvalue weighted by Crippen LogP contribution is 2.44. The standard InChI is InChI=1S/C26H29NO6/c1-2-16-32-25(30)23(14-4-3-5-15-24(28)29)27-26(31)33-17-22-20-12-8-6-10-18(20)19-11-7-9-13-21(19)22/h2,6-13,22-23H,1,3-5,14-17H2,(H,27,31)(H,28,29). The first-order valence-electron chi connectivity index (χ1n) is 11.1. The summed E-state index contributed by atoms with van der Waals surface area (Å²) in [5.74, 6) is -1.50. The van der Waals surface area contributed by atoms with Gasteiger partial charge in [0, 0.05) is 12.3 Å².